The van der Waals surface area contributed by atoms with Gasteiger partial charge in [-0.25, -0.2) is 0 Å². The molecule has 0 bridgehead atoms. The fourth-order valence-electron chi connectivity index (χ4n) is 1.82. The van der Waals surface area contributed by atoms with Gasteiger partial charge in [0.15, 0.2) is 0 Å². The van der Waals surface area contributed by atoms with Crippen LogP contribution in [0.1, 0.15) is 27.2 Å². The Kier molecular flexibility index (Phi) is 3.13. The minimum absolute atomic E-state index is 0.447. The lowest BCUT2D eigenvalue weighted by molar-refractivity contribution is 0.171. The van der Waals surface area contributed by atoms with Gasteiger partial charge in [0.1, 0.15) is 0 Å². The van der Waals surface area contributed by atoms with Gasteiger partial charge in [-0.1, -0.05) is 20.8 Å². The van der Waals surface area contributed by atoms with Gasteiger partial charge in [-0.2, -0.15) is 0 Å². The highest BCUT2D eigenvalue weighted by molar-refractivity contribution is 4.86. The number of piperidine rings is 1. The summed E-state index contributed by atoms with van der Waals surface area (Å²) in [5.41, 5.74) is 0.447. The van der Waals surface area contributed by atoms with Crippen LogP contribution in [0.15, 0.2) is 0 Å². The van der Waals surface area contributed by atoms with Gasteiger partial charge in [-0.05, 0) is 31.3 Å². The summed E-state index contributed by atoms with van der Waals surface area (Å²) >= 11 is 0. The summed E-state index contributed by atoms with van der Waals surface area (Å²) in [5.74, 6) is 0.809. The van der Waals surface area contributed by atoms with E-state index in [1.807, 2.05) is 0 Å². The molecule has 72 valence electrons. The molecule has 0 aromatic rings. The van der Waals surface area contributed by atoms with E-state index in [1.54, 1.807) is 0 Å². The monoisotopic (exact) mass is 170 g/mol. The molecule has 1 fully saturated rings. The van der Waals surface area contributed by atoms with Crippen molar-refractivity contribution >= 4 is 0 Å². The van der Waals surface area contributed by atoms with E-state index in [-0.39, 0.29) is 0 Å². The van der Waals surface area contributed by atoms with E-state index < -0.39 is 0 Å². The summed E-state index contributed by atoms with van der Waals surface area (Å²) in [7, 11) is 2.05. The molecule has 1 rings (SSSR count). The Bertz CT molecular complexity index is 137. The van der Waals surface area contributed by atoms with E-state index in [2.05, 4.69) is 38.5 Å². The van der Waals surface area contributed by atoms with Crippen LogP contribution in [0.25, 0.3) is 0 Å². The molecule has 0 amide bonds. The molecule has 0 aromatic heterocycles. The zero-order valence-electron chi connectivity index (χ0n) is 8.78. The Morgan fingerprint density at radius 3 is 2.42 bits per heavy atom. The first kappa shape index (κ1) is 10.0. The molecule has 2 unspecified atom stereocenters. The molecule has 0 radical (unpaired) electrons. The van der Waals surface area contributed by atoms with Crippen LogP contribution in [0.4, 0.5) is 0 Å². The van der Waals surface area contributed by atoms with E-state index in [9.17, 15) is 0 Å². The zero-order chi connectivity index (χ0) is 9.19. The van der Waals surface area contributed by atoms with E-state index in [0.717, 1.165) is 12.5 Å². The molecule has 1 heterocycles. The van der Waals surface area contributed by atoms with Crippen LogP contribution in [0.2, 0.25) is 0 Å². The van der Waals surface area contributed by atoms with Crippen molar-refractivity contribution in [3.8, 4) is 0 Å². The van der Waals surface area contributed by atoms with Crippen LogP contribution in [0.3, 0.4) is 0 Å². The minimum Gasteiger partial charge on any atom is -0.316 e. The van der Waals surface area contributed by atoms with Crippen LogP contribution in [-0.2, 0) is 0 Å². The summed E-state index contributed by atoms with van der Waals surface area (Å²) in [5, 5.41) is 6.82. The Balaban J connectivity index is 2.46. The molecule has 2 N–H and O–H groups in total. The maximum atomic E-state index is 3.48. The first-order valence-corrected chi connectivity index (χ1v) is 4.92. The van der Waals surface area contributed by atoms with Crippen molar-refractivity contribution in [2.24, 2.45) is 11.3 Å². The topological polar surface area (TPSA) is 24.1 Å². The molecule has 2 atom stereocenters. The SMILES string of the molecule is CNC1CNCC(C(C)(C)C)C1. The first-order valence-electron chi connectivity index (χ1n) is 4.92. The molecule has 0 aliphatic carbocycles. The van der Waals surface area contributed by atoms with Gasteiger partial charge in [0.2, 0.25) is 0 Å². The molecule has 12 heavy (non-hydrogen) atoms. The summed E-state index contributed by atoms with van der Waals surface area (Å²) in [6, 6.07) is 0.669. The number of rotatable bonds is 1. The number of likely N-dealkylation sites (N-methyl/N-ethyl adjacent to an activating group) is 1. The number of hydrogen-bond donors (Lipinski definition) is 2. The van der Waals surface area contributed by atoms with Gasteiger partial charge in [0.05, 0.1) is 0 Å². The lowest BCUT2D eigenvalue weighted by Gasteiger charge is -2.38. The molecule has 0 aromatic carbocycles. The van der Waals surface area contributed by atoms with E-state index in [4.69, 9.17) is 0 Å². The second kappa shape index (κ2) is 3.75. The van der Waals surface area contributed by atoms with E-state index >= 15 is 0 Å². The van der Waals surface area contributed by atoms with Gasteiger partial charge in [0.25, 0.3) is 0 Å². The van der Waals surface area contributed by atoms with Crippen LogP contribution in [0, 0.1) is 11.3 Å². The molecule has 1 saturated heterocycles. The van der Waals surface area contributed by atoms with Gasteiger partial charge in [-0.15, -0.1) is 0 Å². The second-order valence-corrected chi connectivity index (χ2v) is 4.94. The maximum absolute atomic E-state index is 3.48. The maximum Gasteiger partial charge on any atom is 0.0192 e. The molecule has 2 heteroatoms. The largest absolute Gasteiger partial charge is 0.316 e. The molecular weight excluding hydrogens is 148 g/mol. The zero-order valence-corrected chi connectivity index (χ0v) is 8.78. The smallest absolute Gasteiger partial charge is 0.0192 e. The van der Waals surface area contributed by atoms with Crippen molar-refractivity contribution in [3.63, 3.8) is 0 Å². The second-order valence-electron chi connectivity index (χ2n) is 4.94. The minimum atomic E-state index is 0.447. The third-order valence-corrected chi connectivity index (χ3v) is 2.98. The number of nitrogens with one attached hydrogen (secondary N) is 2. The average molecular weight is 170 g/mol. The predicted molar refractivity (Wildman–Crippen MR) is 53.3 cm³/mol. The quantitative estimate of drug-likeness (QED) is 0.618. The third kappa shape index (κ3) is 2.46. The van der Waals surface area contributed by atoms with Crippen molar-refractivity contribution in [1.29, 1.82) is 0 Å². The molecule has 0 saturated carbocycles. The molecule has 1 aliphatic rings. The van der Waals surface area contributed by atoms with Crippen molar-refractivity contribution in [1.82, 2.24) is 10.6 Å². The van der Waals surface area contributed by atoms with Gasteiger partial charge < -0.3 is 10.6 Å². The standard InChI is InChI=1S/C10H22N2/c1-10(2,3)8-5-9(11-4)7-12-6-8/h8-9,11-12H,5-7H2,1-4H3. The summed E-state index contributed by atoms with van der Waals surface area (Å²) in [4.78, 5) is 0. The Morgan fingerprint density at radius 2 is 1.92 bits per heavy atom. The van der Waals surface area contributed by atoms with E-state index in [0.29, 0.717) is 11.5 Å². The lowest BCUT2D eigenvalue weighted by atomic mass is 9.75. The predicted octanol–water partition coefficient (Wildman–Crippen LogP) is 1.23. The molecular formula is C10H22N2. The highest BCUT2D eigenvalue weighted by atomic mass is 15.0. The van der Waals surface area contributed by atoms with Crippen LogP contribution >= 0.6 is 0 Å². The highest BCUT2D eigenvalue weighted by Gasteiger charge is 2.29. The van der Waals surface area contributed by atoms with Crippen LogP contribution < -0.4 is 10.6 Å². The van der Waals surface area contributed by atoms with Crippen molar-refractivity contribution in [2.75, 3.05) is 20.1 Å². The molecule has 0 spiro atoms. The van der Waals surface area contributed by atoms with Gasteiger partial charge >= 0.3 is 0 Å². The van der Waals surface area contributed by atoms with Crippen molar-refractivity contribution in [2.45, 2.75) is 33.2 Å². The summed E-state index contributed by atoms with van der Waals surface area (Å²) < 4.78 is 0. The molecule has 1 aliphatic heterocycles. The van der Waals surface area contributed by atoms with Crippen molar-refractivity contribution < 1.29 is 0 Å². The third-order valence-electron chi connectivity index (χ3n) is 2.98. The number of hydrogen-bond acceptors (Lipinski definition) is 2. The fraction of sp³-hybridized carbons (Fsp3) is 1.00. The average Bonchev–Trinajstić information content (AvgIpc) is 2.03. The normalized spacial score (nSPS) is 32.0. The van der Waals surface area contributed by atoms with Crippen LogP contribution in [0.5, 0.6) is 0 Å². The highest BCUT2D eigenvalue weighted by Crippen LogP contribution is 2.30. The van der Waals surface area contributed by atoms with Gasteiger partial charge in [-0.3, -0.25) is 0 Å². The Hall–Kier alpha value is -0.0800. The Labute approximate surface area is 76.1 Å². The summed E-state index contributed by atoms with van der Waals surface area (Å²) in [6.07, 6.45) is 1.31. The lowest BCUT2D eigenvalue weighted by Crippen LogP contribution is -2.48. The molecule has 2 nitrogen and oxygen atoms in total. The van der Waals surface area contributed by atoms with Crippen LogP contribution in [-0.4, -0.2) is 26.2 Å². The Morgan fingerprint density at radius 1 is 1.25 bits per heavy atom. The van der Waals surface area contributed by atoms with Crippen molar-refractivity contribution in [3.05, 3.63) is 0 Å². The van der Waals surface area contributed by atoms with E-state index in [1.165, 1.54) is 13.0 Å². The first-order chi connectivity index (χ1) is 5.54. The summed E-state index contributed by atoms with van der Waals surface area (Å²) in [6.45, 7) is 9.30. The van der Waals surface area contributed by atoms with Gasteiger partial charge in [0, 0.05) is 12.6 Å². The fourth-order valence-corrected chi connectivity index (χ4v) is 1.82.